The van der Waals surface area contributed by atoms with Crippen LogP contribution in [0.5, 0.6) is 0 Å². The first kappa shape index (κ1) is 5.72. The van der Waals surface area contributed by atoms with E-state index in [4.69, 9.17) is 0 Å². The van der Waals surface area contributed by atoms with Crippen molar-refractivity contribution >= 4 is 0 Å². The second-order valence-electron chi connectivity index (χ2n) is 3.67. The molecule has 0 aromatic rings. The summed E-state index contributed by atoms with van der Waals surface area (Å²) in [5.74, 6) is 0. The summed E-state index contributed by atoms with van der Waals surface area (Å²) in [7, 11) is 0. The number of hydrogen-bond donors (Lipinski definition) is 1. The molecule has 2 saturated heterocycles. The first-order chi connectivity index (χ1) is 4.29. The third kappa shape index (κ3) is 0.877. The molecular formula is C8H14N. The lowest BCUT2D eigenvalue weighted by atomic mass is 9.93. The Morgan fingerprint density at radius 1 is 1.67 bits per heavy atom. The quantitative estimate of drug-likeness (QED) is 0.516. The smallest absolute Gasteiger partial charge is 0.0159 e. The van der Waals surface area contributed by atoms with E-state index in [0.29, 0.717) is 5.54 Å². The summed E-state index contributed by atoms with van der Waals surface area (Å²) in [4.78, 5) is 0. The molecule has 51 valence electrons. The molecule has 1 heteroatoms. The van der Waals surface area contributed by atoms with Crippen LogP contribution in [0, 0.1) is 6.42 Å². The van der Waals surface area contributed by atoms with Crippen LogP contribution in [0.15, 0.2) is 0 Å². The Labute approximate surface area is 56.8 Å². The van der Waals surface area contributed by atoms with Crippen LogP contribution in [0.4, 0.5) is 0 Å². The molecule has 2 unspecified atom stereocenters. The van der Waals surface area contributed by atoms with Crippen molar-refractivity contribution in [3.8, 4) is 0 Å². The van der Waals surface area contributed by atoms with E-state index in [-0.39, 0.29) is 0 Å². The van der Waals surface area contributed by atoms with E-state index in [9.17, 15) is 0 Å². The average molecular weight is 124 g/mol. The second kappa shape index (κ2) is 1.72. The van der Waals surface area contributed by atoms with E-state index < -0.39 is 0 Å². The van der Waals surface area contributed by atoms with Crippen LogP contribution in [0.1, 0.15) is 32.6 Å². The zero-order valence-electron chi connectivity index (χ0n) is 5.98. The van der Waals surface area contributed by atoms with E-state index in [1.165, 1.54) is 25.7 Å². The predicted octanol–water partition coefficient (Wildman–Crippen LogP) is 1.50. The first-order valence-electron chi connectivity index (χ1n) is 3.88. The predicted molar refractivity (Wildman–Crippen MR) is 38.1 cm³/mol. The van der Waals surface area contributed by atoms with Crippen molar-refractivity contribution in [2.45, 2.75) is 44.2 Å². The largest absolute Gasteiger partial charge is 0.309 e. The van der Waals surface area contributed by atoms with E-state index in [2.05, 4.69) is 18.7 Å². The van der Waals surface area contributed by atoms with Crippen molar-refractivity contribution in [3.05, 3.63) is 6.42 Å². The molecule has 0 aliphatic carbocycles. The van der Waals surface area contributed by atoms with Crippen molar-refractivity contribution in [2.75, 3.05) is 0 Å². The molecule has 2 atom stereocenters. The molecule has 1 nitrogen and oxygen atoms in total. The zero-order chi connectivity index (χ0) is 6.32. The summed E-state index contributed by atoms with van der Waals surface area (Å²) in [6.45, 7) is 2.34. The number of fused-ring (bicyclic) bond motifs is 2. The highest BCUT2D eigenvalue weighted by atomic mass is 15.0. The van der Waals surface area contributed by atoms with Crippen LogP contribution in [0.25, 0.3) is 0 Å². The number of hydrogen-bond acceptors (Lipinski definition) is 1. The third-order valence-electron chi connectivity index (χ3n) is 2.64. The van der Waals surface area contributed by atoms with Gasteiger partial charge >= 0.3 is 0 Å². The van der Waals surface area contributed by atoms with Gasteiger partial charge in [0.1, 0.15) is 0 Å². The van der Waals surface area contributed by atoms with E-state index in [1.54, 1.807) is 0 Å². The van der Waals surface area contributed by atoms with E-state index >= 15 is 0 Å². The maximum atomic E-state index is 3.64. The third-order valence-corrected chi connectivity index (χ3v) is 2.64. The fourth-order valence-electron chi connectivity index (χ4n) is 2.07. The summed E-state index contributed by atoms with van der Waals surface area (Å²) in [5.41, 5.74) is 0.489. The van der Waals surface area contributed by atoms with Crippen molar-refractivity contribution < 1.29 is 0 Å². The van der Waals surface area contributed by atoms with Crippen molar-refractivity contribution in [2.24, 2.45) is 0 Å². The Bertz CT molecular complexity index is 118. The highest BCUT2D eigenvalue weighted by Crippen LogP contribution is 2.34. The lowest BCUT2D eigenvalue weighted by Crippen LogP contribution is -2.43. The van der Waals surface area contributed by atoms with Crippen LogP contribution in [0.2, 0.25) is 0 Å². The van der Waals surface area contributed by atoms with Crippen LogP contribution in [-0.4, -0.2) is 11.6 Å². The minimum Gasteiger partial charge on any atom is -0.309 e. The molecule has 1 radical (unpaired) electrons. The number of rotatable bonds is 0. The number of piperidine rings is 1. The van der Waals surface area contributed by atoms with Crippen LogP contribution in [-0.2, 0) is 0 Å². The molecule has 2 heterocycles. The van der Waals surface area contributed by atoms with Gasteiger partial charge in [-0.2, -0.15) is 0 Å². The van der Waals surface area contributed by atoms with Crippen LogP contribution >= 0.6 is 0 Å². The molecule has 9 heavy (non-hydrogen) atoms. The summed E-state index contributed by atoms with van der Waals surface area (Å²) < 4.78 is 0. The molecule has 0 saturated carbocycles. The van der Waals surface area contributed by atoms with Crippen molar-refractivity contribution in [3.63, 3.8) is 0 Å². The van der Waals surface area contributed by atoms with Gasteiger partial charge in [0.05, 0.1) is 0 Å². The molecule has 2 bridgehead atoms. The van der Waals surface area contributed by atoms with Gasteiger partial charge < -0.3 is 5.32 Å². The summed E-state index contributed by atoms with van der Waals surface area (Å²) in [5, 5.41) is 3.64. The van der Waals surface area contributed by atoms with Gasteiger partial charge in [0, 0.05) is 11.6 Å². The second-order valence-corrected chi connectivity index (χ2v) is 3.67. The van der Waals surface area contributed by atoms with Gasteiger partial charge in [0.25, 0.3) is 0 Å². The normalized spacial score (nSPS) is 49.7. The average Bonchev–Trinajstić information content (AvgIpc) is 2.07. The van der Waals surface area contributed by atoms with Gasteiger partial charge in [-0.3, -0.25) is 0 Å². The molecule has 2 rings (SSSR count). The van der Waals surface area contributed by atoms with E-state index in [1.807, 2.05) is 0 Å². The van der Waals surface area contributed by atoms with Crippen molar-refractivity contribution in [1.29, 1.82) is 0 Å². The Morgan fingerprint density at radius 3 is 3.22 bits per heavy atom. The van der Waals surface area contributed by atoms with Crippen LogP contribution in [0.3, 0.4) is 0 Å². The molecule has 2 fully saturated rings. The minimum atomic E-state index is 0.489. The highest BCUT2D eigenvalue weighted by molar-refractivity contribution is 5.03. The van der Waals surface area contributed by atoms with Gasteiger partial charge in [0.15, 0.2) is 0 Å². The standard InChI is InChI=1S/C8H14N/c1-8-5-2-3-7(9-8)4-6-8/h2,7,9H,3-6H2,1H3. The Balaban J connectivity index is 2.13. The Kier molecular flexibility index (Phi) is 1.10. The monoisotopic (exact) mass is 124 g/mol. The maximum Gasteiger partial charge on any atom is 0.0159 e. The molecule has 0 aromatic carbocycles. The van der Waals surface area contributed by atoms with Gasteiger partial charge in [-0.15, -0.1) is 0 Å². The zero-order valence-corrected chi connectivity index (χ0v) is 5.98. The van der Waals surface area contributed by atoms with Gasteiger partial charge in [-0.25, -0.2) is 0 Å². The molecule has 2 aliphatic rings. The summed E-state index contributed by atoms with van der Waals surface area (Å²) >= 11 is 0. The SMILES string of the molecule is CC12C[CH]CC(CC1)N2. The van der Waals surface area contributed by atoms with Crippen molar-refractivity contribution in [1.82, 2.24) is 5.32 Å². The highest BCUT2D eigenvalue weighted by Gasteiger charge is 2.36. The Morgan fingerprint density at radius 2 is 2.56 bits per heavy atom. The topological polar surface area (TPSA) is 12.0 Å². The molecule has 0 spiro atoms. The minimum absolute atomic E-state index is 0.489. The Hall–Kier alpha value is -0.0400. The fraction of sp³-hybridized carbons (Fsp3) is 0.875. The summed E-state index contributed by atoms with van der Waals surface area (Å²) in [6.07, 6.45) is 7.80. The fourth-order valence-corrected chi connectivity index (χ4v) is 2.07. The molecule has 0 amide bonds. The lowest BCUT2D eigenvalue weighted by molar-refractivity contribution is 0.345. The molecule has 2 aliphatic heterocycles. The lowest BCUT2D eigenvalue weighted by Gasteiger charge is -2.30. The maximum absolute atomic E-state index is 3.64. The van der Waals surface area contributed by atoms with Gasteiger partial charge in [0.2, 0.25) is 0 Å². The first-order valence-corrected chi connectivity index (χ1v) is 3.88. The van der Waals surface area contributed by atoms with Gasteiger partial charge in [-0.1, -0.05) is 0 Å². The molecular weight excluding hydrogens is 110 g/mol. The van der Waals surface area contributed by atoms with Crippen LogP contribution < -0.4 is 5.32 Å². The number of nitrogens with one attached hydrogen (secondary N) is 1. The molecule has 1 N–H and O–H groups in total. The van der Waals surface area contributed by atoms with Gasteiger partial charge in [-0.05, 0) is 39.0 Å². The van der Waals surface area contributed by atoms with E-state index in [0.717, 1.165) is 6.04 Å². The summed E-state index contributed by atoms with van der Waals surface area (Å²) in [6, 6.07) is 0.823. The molecule has 0 aromatic heterocycles.